The van der Waals surface area contributed by atoms with Crippen molar-refractivity contribution in [2.24, 2.45) is 0 Å². The average Bonchev–Trinajstić information content (AvgIpc) is 2.90. The molecule has 0 radical (unpaired) electrons. The lowest BCUT2D eigenvalue weighted by atomic mass is 10.1. The molecule has 1 aromatic rings. The lowest BCUT2D eigenvalue weighted by molar-refractivity contribution is 0.0374. The first-order valence-electron chi connectivity index (χ1n) is 8.32. The second-order valence-corrected chi connectivity index (χ2v) is 6.30. The number of nitrogens with zero attached hydrogens (tertiary/aromatic N) is 2. The fourth-order valence-electron chi connectivity index (χ4n) is 3.22. The number of rotatable bonds is 5. The van der Waals surface area contributed by atoms with E-state index in [0.29, 0.717) is 0 Å². The maximum Gasteiger partial charge on any atom is 0.0621 e. The number of hydrogen-bond donors (Lipinski definition) is 1. The smallest absolute Gasteiger partial charge is 0.0621 e. The number of benzene rings is 1. The average molecular weight is 301 g/mol. The molecule has 0 aromatic heterocycles. The zero-order chi connectivity index (χ0) is 15.4. The molecular formula is C18H27N3O. The molecule has 4 nitrogen and oxygen atoms in total. The number of allylic oxidation sites excluding steroid dienone is 1. The third-order valence-electron chi connectivity index (χ3n) is 4.59. The summed E-state index contributed by atoms with van der Waals surface area (Å²) < 4.78 is 5.40. The van der Waals surface area contributed by atoms with Crippen LogP contribution in [0.2, 0.25) is 0 Å². The first-order valence-corrected chi connectivity index (χ1v) is 8.32. The summed E-state index contributed by atoms with van der Waals surface area (Å²) >= 11 is 0. The Bertz CT molecular complexity index is 535. The van der Waals surface area contributed by atoms with E-state index >= 15 is 0 Å². The molecule has 0 aliphatic carbocycles. The summed E-state index contributed by atoms with van der Waals surface area (Å²) in [5.41, 5.74) is 9.07. The Morgan fingerprint density at radius 2 is 1.91 bits per heavy atom. The summed E-state index contributed by atoms with van der Waals surface area (Å²) in [5.74, 6) is 0. The van der Waals surface area contributed by atoms with Crippen LogP contribution in [0.1, 0.15) is 25.3 Å². The fourth-order valence-corrected chi connectivity index (χ4v) is 3.22. The van der Waals surface area contributed by atoms with Crippen molar-refractivity contribution in [1.82, 2.24) is 10.3 Å². The predicted octanol–water partition coefficient (Wildman–Crippen LogP) is 2.71. The second-order valence-electron chi connectivity index (χ2n) is 6.30. The maximum atomic E-state index is 5.40. The highest BCUT2D eigenvalue weighted by Crippen LogP contribution is 2.25. The monoisotopic (exact) mass is 301 g/mol. The van der Waals surface area contributed by atoms with E-state index in [9.17, 15) is 0 Å². The van der Waals surface area contributed by atoms with Crippen LogP contribution in [0.5, 0.6) is 0 Å². The Morgan fingerprint density at radius 1 is 1.14 bits per heavy atom. The number of hydrazine groups is 1. The first kappa shape index (κ1) is 15.4. The van der Waals surface area contributed by atoms with Crippen molar-refractivity contribution in [2.45, 2.75) is 26.7 Å². The lowest BCUT2D eigenvalue weighted by Gasteiger charge is -2.26. The normalized spacial score (nSPS) is 19.6. The molecule has 0 saturated carbocycles. The number of morpholine rings is 1. The van der Waals surface area contributed by atoms with Gasteiger partial charge in [0, 0.05) is 18.8 Å². The molecule has 1 saturated heterocycles. The van der Waals surface area contributed by atoms with Crippen LogP contribution in [-0.4, -0.2) is 44.3 Å². The van der Waals surface area contributed by atoms with Gasteiger partial charge in [-0.1, -0.05) is 18.2 Å². The van der Waals surface area contributed by atoms with Crippen molar-refractivity contribution in [2.75, 3.05) is 44.4 Å². The summed E-state index contributed by atoms with van der Waals surface area (Å²) in [4.78, 5) is 2.51. The summed E-state index contributed by atoms with van der Waals surface area (Å²) in [6, 6.07) is 8.56. The Hall–Kier alpha value is -1.52. The quantitative estimate of drug-likeness (QED) is 0.905. The standard InChI is InChI=1S/C18H27N3O/c1-15-6-3-4-8-18(15)21-14-16(2)17(19-21)7-5-9-20-10-12-22-13-11-20/h3-4,6,8,19H,5,7,9-14H2,1-2H3. The van der Waals surface area contributed by atoms with Crippen molar-refractivity contribution in [1.29, 1.82) is 0 Å². The third kappa shape index (κ3) is 3.62. The highest BCUT2D eigenvalue weighted by molar-refractivity contribution is 5.55. The van der Waals surface area contributed by atoms with Crippen molar-refractivity contribution >= 4 is 5.69 Å². The largest absolute Gasteiger partial charge is 0.379 e. The number of aryl methyl sites for hydroxylation is 1. The van der Waals surface area contributed by atoms with Gasteiger partial charge in [0.15, 0.2) is 0 Å². The molecule has 0 atom stereocenters. The highest BCUT2D eigenvalue weighted by Gasteiger charge is 2.20. The van der Waals surface area contributed by atoms with Gasteiger partial charge in [0.25, 0.3) is 0 Å². The molecule has 0 bridgehead atoms. The summed E-state index contributed by atoms with van der Waals surface area (Å²) in [6.07, 6.45) is 2.34. The van der Waals surface area contributed by atoms with Gasteiger partial charge in [0.05, 0.1) is 25.4 Å². The fraction of sp³-hybridized carbons (Fsp3) is 0.556. The molecule has 2 aliphatic heterocycles. The van der Waals surface area contributed by atoms with Gasteiger partial charge in [-0.15, -0.1) is 0 Å². The van der Waals surface area contributed by atoms with Gasteiger partial charge in [-0.05, 0) is 50.4 Å². The molecule has 22 heavy (non-hydrogen) atoms. The van der Waals surface area contributed by atoms with Crippen LogP contribution in [0.15, 0.2) is 35.5 Å². The van der Waals surface area contributed by atoms with Gasteiger partial charge >= 0.3 is 0 Å². The predicted molar refractivity (Wildman–Crippen MR) is 90.9 cm³/mol. The molecule has 0 amide bonds. The van der Waals surface area contributed by atoms with Gasteiger partial charge in [0.1, 0.15) is 0 Å². The van der Waals surface area contributed by atoms with Gasteiger partial charge in [-0.25, -0.2) is 0 Å². The molecule has 4 heteroatoms. The van der Waals surface area contributed by atoms with Crippen LogP contribution in [0.3, 0.4) is 0 Å². The zero-order valence-corrected chi connectivity index (χ0v) is 13.8. The van der Waals surface area contributed by atoms with E-state index in [2.05, 4.69) is 53.4 Å². The summed E-state index contributed by atoms with van der Waals surface area (Å²) in [7, 11) is 0. The van der Waals surface area contributed by atoms with Gasteiger partial charge in [-0.2, -0.15) is 0 Å². The second kappa shape index (κ2) is 7.16. The molecule has 1 fully saturated rings. The Kier molecular flexibility index (Phi) is 5.01. The molecule has 2 heterocycles. The van der Waals surface area contributed by atoms with E-state index in [1.807, 2.05) is 0 Å². The van der Waals surface area contributed by atoms with Crippen LogP contribution >= 0.6 is 0 Å². The van der Waals surface area contributed by atoms with Crippen molar-refractivity contribution in [3.8, 4) is 0 Å². The van der Waals surface area contributed by atoms with Crippen LogP contribution in [0.4, 0.5) is 5.69 Å². The number of nitrogens with one attached hydrogen (secondary N) is 1. The molecule has 3 rings (SSSR count). The Balaban J connectivity index is 1.50. The van der Waals surface area contributed by atoms with E-state index in [1.165, 1.54) is 35.5 Å². The van der Waals surface area contributed by atoms with Crippen molar-refractivity contribution in [3.63, 3.8) is 0 Å². The molecule has 1 N–H and O–H groups in total. The van der Waals surface area contributed by atoms with E-state index in [-0.39, 0.29) is 0 Å². The minimum absolute atomic E-state index is 0.890. The van der Waals surface area contributed by atoms with E-state index in [4.69, 9.17) is 4.74 Å². The molecule has 120 valence electrons. The number of ether oxygens (including phenoxy) is 1. The lowest BCUT2D eigenvalue weighted by Crippen LogP contribution is -2.37. The SMILES string of the molecule is CC1=C(CCCN2CCOCC2)NN(c2ccccc2C)C1. The molecule has 0 unspecified atom stereocenters. The van der Waals surface area contributed by atoms with Gasteiger partial charge < -0.3 is 10.2 Å². The van der Waals surface area contributed by atoms with E-state index in [0.717, 1.165) is 39.3 Å². The van der Waals surface area contributed by atoms with Crippen LogP contribution in [0.25, 0.3) is 0 Å². The minimum Gasteiger partial charge on any atom is -0.379 e. The van der Waals surface area contributed by atoms with Crippen LogP contribution < -0.4 is 10.4 Å². The van der Waals surface area contributed by atoms with E-state index in [1.54, 1.807) is 0 Å². The first-order chi connectivity index (χ1) is 10.7. The number of anilines is 1. The Labute approximate surface area is 133 Å². The Morgan fingerprint density at radius 3 is 2.68 bits per heavy atom. The highest BCUT2D eigenvalue weighted by atomic mass is 16.5. The van der Waals surface area contributed by atoms with E-state index < -0.39 is 0 Å². The summed E-state index contributed by atoms with van der Waals surface area (Å²) in [6.45, 7) is 10.5. The van der Waals surface area contributed by atoms with Gasteiger partial charge in [0.2, 0.25) is 0 Å². The molecule has 2 aliphatic rings. The topological polar surface area (TPSA) is 27.7 Å². The summed E-state index contributed by atoms with van der Waals surface area (Å²) in [5, 5.41) is 2.27. The van der Waals surface area contributed by atoms with Gasteiger partial charge in [-0.3, -0.25) is 9.91 Å². The minimum atomic E-state index is 0.890. The number of para-hydroxylation sites is 1. The van der Waals surface area contributed by atoms with Crippen LogP contribution in [-0.2, 0) is 4.74 Å². The maximum absolute atomic E-state index is 5.40. The number of hydrogen-bond acceptors (Lipinski definition) is 4. The molecular weight excluding hydrogens is 274 g/mol. The third-order valence-corrected chi connectivity index (χ3v) is 4.59. The molecule has 1 aromatic carbocycles. The van der Waals surface area contributed by atoms with Crippen molar-refractivity contribution < 1.29 is 4.74 Å². The molecule has 0 spiro atoms. The van der Waals surface area contributed by atoms with Crippen molar-refractivity contribution in [3.05, 3.63) is 41.1 Å². The zero-order valence-electron chi connectivity index (χ0n) is 13.8. The van der Waals surface area contributed by atoms with Crippen LogP contribution in [0, 0.1) is 6.92 Å².